The second kappa shape index (κ2) is 12.5. The molecule has 0 saturated carbocycles. The fourth-order valence-electron chi connectivity index (χ4n) is 3.97. The van der Waals surface area contributed by atoms with Crippen molar-refractivity contribution < 1.29 is 19.4 Å². The summed E-state index contributed by atoms with van der Waals surface area (Å²) >= 11 is 0. The normalized spacial score (nSPS) is 14.2. The lowest BCUT2D eigenvalue weighted by Gasteiger charge is -2.30. The molecule has 0 aromatic carbocycles. The number of nitrogens with two attached hydrogens (primary N) is 1. The van der Waals surface area contributed by atoms with E-state index in [1.807, 2.05) is 6.07 Å². The number of rotatable bonds is 11. The molecule has 0 saturated heterocycles. The van der Waals surface area contributed by atoms with Gasteiger partial charge in [-0.3, -0.25) is 14.6 Å². The van der Waals surface area contributed by atoms with Crippen molar-refractivity contribution in [3.05, 3.63) is 59.1 Å². The predicted octanol–water partition coefficient (Wildman–Crippen LogP) is 2.36. The van der Waals surface area contributed by atoms with E-state index in [-0.39, 0.29) is 18.5 Å². The Kier molecular flexibility index (Phi) is 9.16. The number of aliphatic imine (C=N–C) groups is 1. The molecule has 1 aliphatic rings. The van der Waals surface area contributed by atoms with E-state index in [9.17, 15) is 14.7 Å². The van der Waals surface area contributed by atoms with E-state index < -0.39 is 17.9 Å². The highest BCUT2D eigenvalue weighted by molar-refractivity contribution is 6.12. The molecule has 0 radical (unpaired) electrons. The van der Waals surface area contributed by atoms with E-state index in [1.54, 1.807) is 19.1 Å². The first-order valence-electron chi connectivity index (χ1n) is 11.6. The number of carboxylic acids is 1. The van der Waals surface area contributed by atoms with Gasteiger partial charge in [0, 0.05) is 56.4 Å². The van der Waals surface area contributed by atoms with Crippen LogP contribution >= 0.6 is 0 Å². The lowest BCUT2D eigenvalue weighted by atomic mass is 10.0. The molecule has 186 valence electrons. The number of hydrogen-bond donors (Lipinski definition) is 3. The van der Waals surface area contributed by atoms with E-state index in [1.165, 1.54) is 36.2 Å². The minimum Gasteiger partial charge on any atom is -0.481 e. The maximum Gasteiger partial charge on any atom is 0.305 e. The second-order valence-corrected chi connectivity index (χ2v) is 8.09. The van der Waals surface area contributed by atoms with Crippen LogP contribution in [0, 0.1) is 0 Å². The molecule has 0 spiro atoms. The Balaban J connectivity index is 1.69. The highest BCUT2D eigenvalue weighted by Gasteiger charge is 2.28. The van der Waals surface area contributed by atoms with Crippen LogP contribution < -0.4 is 15.8 Å². The zero-order valence-electron chi connectivity index (χ0n) is 20.1. The minimum absolute atomic E-state index is 0.184. The van der Waals surface area contributed by atoms with Crippen molar-refractivity contribution in [2.75, 3.05) is 32.1 Å². The zero-order valence-corrected chi connectivity index (χ0v) is 20.1. The average molecular weight is 481 g/mol. The van der Waals surface area contributed by atoms with E-state index >= 15 is 0 Å². The van der Waals surface area contributed by atoms with Gasteiger partial charge in [0.05, 0.1) is 25.1 Å². The number of aromatic nitrogens is 2. The number of aryl methyl sites for hydroxylation is 1. The zero-order chi connectivity index (χ0) is 25.2. The molecule has 0 bridgehead atoms. The van der Waals surface area contributed by atoms with Crippen molar-refractivity contribution in [2.45, 2.75) is 38.6 Å². The summed E-state index contributed by atoms with van der Waals surface area (Å²) in [5, 5.41) is 12.8. The molecule has 10 heteroatoms. The third-order valence-corrected chi connectivity index (χ3v) is 5.80. The first-order valence-corrected chi connectivity index (χ1v) is 11.6. The molecule has 2 aromatic heterocycles. The number of carbonyl (C=O) groups is 2. The van der Waals surface area contributed by atoms with Gasteiger partial charge < -0.3 is 25.8 Å². The largest absolute Gasteiger partial charge is 0.481 e. The van der Waals surface area contributed by atoms with Gasteiger partial charge in [0.25, 0.3) is 5.91 Å². The third kappa shape index (κ3) is 6.78. The molecule has 2 aromatic rings. The van der Waals surface area contributed by atoms with Gasteiger partial charge in [0.1, 0.15) is 5.82 Å². The number of hydrogen-bond acceptors (Lipinski definition) is 8. The molecule has 1 atom stereocenters. The molecule has 1 unspecified atom stereocenters. The maximum atomic E-state index is 13.3. The summed E-state index contributed by atoms with van der Waals surface area (Å²) in [6, 6.07) is 6.71. The van der Waals surface area contributed by atoms with Crippen molar-refractivity contribution in [1.29, 1.82) is 0 Å². The number of nitrogens with zero attached hydrogens (tertiary/aromatic N) is 4. The maximum absolute atomic E-state index is 13.3. The van der Waals surface area contributed by atoms with Crippen LogP contribution in [0.4, 0.5) is 5.82 Å². The fraction of sp³-hybridized carbons (Fsp3) is 0.400. The molecule has 4 N–H and O–H groups in total. The van der Waals surface area contributed by atoms with Crippen LogP contribution in [-0.2, 0) is 22.4 Å². The van der Waals surface area contributed by atoms with Gasteiger partial charge in [-0.2, -0.15) is 0 Å². The van der Waals surface area contributed by atoms with Gasteiger partial charge in [-0.05, 0) is 37.0 Å². The van der Waals surface area contributed by atoms with Crippen LogP contribution in [-0.4, -0.2) is 64.8 Å². The van der Waals surface area contributed by atoms with Gasteiger partial charge in [-0.1, -0.05) is 12.1 Å². The molecule has 35 heavy (non-hydrogen) atoms. The number of carbonyl (C=O) groups excluding carboxylic acids is 1. The molecule has 1 aliphatic heterocycles. The molecule has 3 rings (SSSR count). The number of nitrogens with one attached hydrogen (secondary N) is 1. The van der Waals surface area contributed by atoms with Gasteiger partial charge in [0.15, 0.2) is 0 Å². The topological polar surface area (TPSA) is 143 Å². The number of anilines is 1. The molecule has 0 fully saturated rings. The minimum atomic E-state index is -1.03. The summed E-state index contributed by atoms with van der Waals surface area (Å²) in [6.45, 7) is 3.42. The summed E-state index contributed by atoms with van der Waals surface area (Å²) in [4.78, 5) is 39.5. The van der Waals surface area contributed by atoms with Gasteiger partial charge in [0.2, 0.25) is 5.88 Å². The number of likely N-dealkylation sites (N-methyl/N-ethyl adjacent to an activating group) is 1. The number of pyridine rings is 2. The van der Waals surface area contributed by atoms with E-state index in [0.29, 0.717) is 24.4 Å². The molecule has 1 amide bonds. The Labute approximate surface area is 204 Å². The first kappa shape index (κ1) is 25.7. The summed E-state index contributed by atoms with van der Waals surface area (Å²) in [5.41, 5.74) is 8.67. The number of amides is 1. The highest BCUT2D eigenvalue weighted by atomic mass is 16.5. The van der Waals surface area contributed by atoms with Crippen LogP contribution in [0.3, 0.4) is 0 Å². The van der Waals surface area contributed by atoms with Crippen molar-refractivity contribution >= 4 is 23.9 Å². The van der Waals surface area contributed by atoms with Crippen molar-refractivity contribution in [1.82, 2.24) is 14.9 Å². The van der Waals surface area contributed by atoms with Gasteiger partial charge in [-0.15, -0.1) is 0 Å². The Morgan fingerprint density at radius 2 is 2.17 bits per heavy atom. The molecule has 10 nitrogen and oxygen atoms in total. The lowest BCUT2D eigenvalue weighted by molar-refractivity contribution is -0.140. The predicted molar refractivity (Wildman–Crippen MR) is 134 cm³/mol. The number of methoxy groups -OCH3 is 1. The number of fused-ring (bicyclic) bond motifs is 1. The number of aliphatic carboxylic acids is 1. The van der Waals surface area contributed by atoms with Gasteiger partial charge in [-0.25, -0.2) is 9.97 Å². The molecule has 0 aliphatic carbocycles. The Bertz CT molecular complexity index is 1080. The monoisotopic (exact) mass is 480 g/mol. The second-order valence-electron chi connectivity index (χ2n) is 8.09. The summed E-state index contributed by atoms with van der Waals surface area (Å²) in [7, 11) is 1.49. The highest BCUT2D eigenvalue weighted by Crippen LogP contribution is 2.26. The van der Waals surface area contributed by atoms with Crippen LogP contribution in [0.2, 0.25) is 0 Å². The quantitative estimate of drug-likeness (QED) is 0.329. The van der Waals surface area contributed by atoms with E-state index in [4.69, 9.17) is 10.5 Å². The van der Waals surface area contributed by atoms with Crippen molar-refractivity contribution in [2.24, 2.45) is 10.7 Å². The summed E-state index contributed by atoms with van der Waals surface area (Å²) in [6.07, 6.45) is 6.63. The van der Waals surface area contributed by atoms with Crippen molar-refractivity contribution in [3.8, 4) is 5.88 Å². The SMILES string of the molecule is CCN(C(=O)C(C=NCCc1ccc2c(n1)NCCC2)=CN)C(CC(=O)O)c1ccc(OC)nc1. The van der Waals surface area contributed by atoms with Crippen LogP contribution in [0.25, 0.3) is 0 Å². The van der Waals surface area contributed by atoms with Gasteiger partial charge >= 0.3 is 5.97 Å². The lowest BCUT2D eigenvalue weighted by Crippen LogP contribution is -2.37. The van der Waals surface area contributed by atoms with E-state index in [0.717, 1.165) is 30.9 Å². The summed E-state index contributed by atoms with van der Waals surface area (Å²) < 4.78 is 5.08. The Morgan fingerprint density at radius 3 is 2.83 bits per heavy atom. The first-order chi connectivity index (χ1) is 17.0. The van der Waals surface area contributed by atoms with Crippen molar-refractivity contribution in [3.63, 3.8) is 0 Å². The van der Waals surface area contributed by atoms with E-state index in [2.05, 4.69) is 26.3 Å². The Morgan fingerprint density at radius 1 is 1.34 bits per heavy atom. The fourth-order valence-corrected chi connectivity index (χ4v) is 3.97. The third-order valence-electron chi connectivity index (χ3n) is 5.80. The van der Waals surface area contributed by atoms with Crippen LogP contribution in [0.5, 0.6) is 5.88 Å². The molecular formula is C25H32N6O4. The number of ether oxygens (including phenoxy) is 1. The molecular weight excluding hydrogens is 448 g/mol. The van der Waals surface area contributed by atoms with Crippen LogP contribution in [0.15, 0.2) is 47.2 Å². The summed E-state index contributed by atoms with van der Waals surface area (Å²) in [5.74, 6) is -0.101. The number of carboxylic acid groups (broad SMARTS) is 1. The van der Waals surface area contributed by atoms with Crippen LogP contribution in [0.1, 0.15) is 42.6 Å². The standard InChI is InChI=1S/C25H32N6O4/c1-3-31(21(13-23(32)33)18-7-9-22(35-2)29-16-18)25(34)19(14-26)15-27-12-10-20-8-6-17-5-4-11-28-24(17)30-20/h6-9,14-16,21H,3-5,10-13,26H2,1-2H3,(H,28,30)(H,32,33). The smallest absolute Gasteiger partial charge is 0.305 e. The molecule has 3 heterocycles. The average Bonchev–Trinajstić information content (AvgIpc) is 2.88. The Hall–Kier alpha value is -3.95.